The van der Waals surface area contributed by atoms with Gasteiger partial charge in [0.05, 0.1) is 7.11 Å². The zero-order valence-corrected chi connectivity index (χ0v) is 10.7. The van der Waals surface area contributed by atoms with E-state index in [1.165, 1.54) is 19.2 Å². The Morgan fingerprint density at radius 1 is 1.50 bits per heavy atom. The van der Waals surface area contributed by atoms with Gasteiger partial charge in [0, 0.05) is 5.69 Å². The van der Waals surface area contributed by atoms with Crippen molar-refractivity contribution in [1.29, 1.82) is 0 Å². The predicted molar refractivity (Wildman–Crippen MR) is 48.3 cm³/mol. The van der Waals surface area contributed by atoms with Crippen LogP contribution < -0.4 is 40.0 Å². The second kappa shape index (κ2) is 4.99. The molecule has 0 aliphatic heterocycles. The molecule has 0 unspecified atom stereocenters. The average Bonchev–Trinajstić information content (AvgIpc) is 2.03. The number of hydrogen-bond acceptors (Lipinski definition) is 4. The van der Waals surface area contributed by atoms with Gasteiger partial charge in [-0.1, -0.05) is 0 Å². The zero-order chi connectivity index (χ0) is 10.1. The van der Waals surface area contributed by atoms with Crippen LogP contribution >= 0.6 is 0 Å². The van der Waals surface area contributed by atoms with Crippen molar-refractivity contribution in [3.8, 4) is 5.75 Å². The fourth-order valence-electron chi connectivity index (χ4n) is 0.895. The van der Waals surface area contributed by atoms with E-state index in [9.17, 15) is 8.42 Å². The van der Waals surface area contributed by atoms with E-state index in [1.807, 2.05) is 0 Å². The van der Waals surface area contributed by atoms with Gasteiger partial charge in [-0.05, 0) is 18.2 Å². The van der Waals surface area contributed by atoms with Gasteiger partial charge in [0.1, 0.15) is 10.6 Å². The van der Waals surface area contributed by atoms with Crippen LogP contribution in [0.5, 0.6) is 5.75 Å². The summed E-state index contributed by atoms with van der Waals surface area (Å²) in [6.45, 7) is 0. The molecule has 1 rings (SSSR count). The summed E-state index contributed by atoms with van der Waals surface area (Å²) in [5, 5.41) is 0. The van der Waals surface area contributed by atoms with E-state index < -0.39 is 10.1 Å². The monoisotopic (exact) mass is 227 g/mol. The second-order valence-corrected chi connectivity index (χ2v) is 3.78. The maximum atomic E-state index is 10.8. The number of benzene rings is 1. The summed E-state index contributed by atoms with van der Waals surface area (Å²) in [5.74, 6) is 0.0664. The Bertz CT molecular complexity index is 423. The molecule has 3 N–H and O–H groups in total. The minimum atomic E-state index is -4.27. The van der Waals surface area contributed by atoms with Crippen LogP contribution in [-0.2, 0) is 10.1 Å². The van der Waals surface area contributed by atoms with E-state index in [1.54, 1.807) is 0 Å². The number of nitrogens with two attached hydrogens (primary N) is 1. The maximum Gasteiger partial charge on any atom is 1.00 e. The fourth-order valence-corrected chi connectivity index (χ4v) is 1.59. The molecule has 0 fully saturated rings. The minimum absolute atomic E-state index is 0. The van der Waals surface area contributed by atoms with Crippen LogP contribution in [0.1, 0.15) is 1.43 Å². The fraction of sp³-hybridized carbons (Fsp3) is 0.143. The van der Waals surface area contributed by atoms with E-state index in [0.717, 1.165) is 6.07 Å². The Labute approximate surface area is 106 Å². The van der Waals surface area contributed by atoms with Gasteiger partial charge in [-0.25, -0.2) is 0 Å². The van der Waals surface area contributed by atoms with Crippen LogP contribution in [0.4, 0.5) is 5.69 Å². The van der Waals surface area contributed by atoms with Crippen molar-refractivity contribution in [1.82, 2.24) is 0 Å². The van der Waals surface area contributed by atoms with Crippen molar-refractivity contribution in [2.45, 2.75) is 4.90 Å². The second-order valence-electron chi connectivity index (χ2n) is 2.39. The summed E-state index contributed by atoms with van der Waals surface area (Å²) in [6, 6.07) is 3.99. The number of ether oxygens (including phenoxy) is 1. The molecule has 0 spiro atoms. The molecule has 0 heterocycles. The largest absolute Gasteiger partial charge is 1.00 e. The van der Waals surface area contributed by atoms with E-state index in [2.05, 4.69) is 0 Å². The first-order chi connectivity index (χ1) is 5.95. The molecule has 0 saturated heterocycles. The Morgan fingerprint density at radius 2 is 2.07 bits per heavy atom. The van der Waals surface area contributed by atoms with Crippen molar-refractivity contribution < 1.29 is 48.7 Å². The van der Waals surface area contributed by atoms with Gasteiger partial charge >= 0.3 is 29.6 Å². The number of nitrogen functional groups attached to an aromatic ring is 1. The molecule has 0 bridgehead atoms. The standard InChI is InChI=1S/C7H9NO4S.Na.H/c1-12-6-3-2-5(8)4-7(6)13(9,10)11;;/h2-4H,8H2,1H3,(H,9,10,11);;/q;+1;-1. The smallest absolute Gasteiger partial charge is 1.00 e. The van der Waals surface area contributed by atoms with Crippen LogP contribution in [0.2, 0.25) is 0 Å². The van der Waals surface area contributed by atoms with E-state index in [-0.39, 0.29) is 47.3 Å². The van der Waals surface area contributed by atoms with Crippen molar-refractivity contribution in [2.24, 2.45) is 0 Å². The maximum absolute atomic E-state index is 10.8. The Balaban J connectivity index is 0. The first-order valence-corrected chi connectivity index (χ1v) is 4.80. The van der Waals surface area contributed by atoms with Crippen LogP contribution in [0.15, 0.2) is 23.1 Å². The van der Waals surface area contributed by atoms with Crippen LogP contribution in [0.3, 0.4) is 0 Å². The summed E-state index contributed by atoms with van der Waals surface area (Å²) < 4.78 is 35.1. The van der Waals surface area contributed by atoms with E-state index in [4.69, 9.17) is 15.0 Å². The number of rotatable bonds is 2. The third kappa shape index (κ3) is 3.14. The molecule has 7 heteroatoms. The Morgan fingerprint density at radius 3 is 2.50 bits per heavy atom. The van der Waals surface area contributed by atoms with E-state index >= 15 is 0 Å². The molecule has 0 aromatic heterocycles. The third-order valence-corrected chi connectivity index (χ3v) is 2.34. The van der Waals surface area contributed by atoms with Gasteiger partial charge in [0.25, 0.3) is 10.1 Å². The summed E-state index contributed by atoms with van der Waals surface area (Å²) in [4.78, 5) is -0.324. The van der Waals surface area contributed by atoms with Crippen molar-refractivity contribution >= 4 is 15.8 Å². The topological polar surface area (TPSA) is 89.6 Å². The van der Waals surface area contributed by atoms with Gasteiger partial charge < -0.3 is 11.9 Å². The van der Waals surface area contributed by atoms with Crippen LogP contribution in [-0.4, -0.2) is 20.1 Å². The first-order valence-electron chi connectivity index (χ1n) is 3.36. The summed E-state index contributed by atoms with van der Waals surface area (Å²) >= 11 is 0. The molecule has 1 aromatic carbocycles. The normalized spacial score (nSPS) is 10.4. The Kier molecular flexibility index (Phi) is 4.90. The molecular weight excluding hydrogens is 217 g/mol. The molecule has 0 saturated carbocycles. The molecule has 5 nitrogen and oxygen atoms in total. The van der Waals surface area contributed by atoms with Gasteiger partial charge in [-0.15, -0.1) is 0 Å². The number of hydrogen-bond donors (Lipinski definition) is 2. The third-order valence-electron chi connectivity index (χ3n) is 1.47. The first kappa shape index (κ1) is 13.7. The molecular formula is C7H10NNaO4S. The molecule has 0 aliphatic carbocycles. The van der Waals surface area contributed by atoms with Gasteiger partial charge in [-0.2, -0.15) is 8.42 Å². The van der Waals surface area contributed by atoms with Crippen LogP contribution in [0, 0.1) is 0 Å². The summed E-state index contributed by atoms with van der Waals surface area (Å²) in [5.41, 5.74) is 5.59. The number of anilines is 1. The Hall–Kier alpha value is -0.270. The van der Waals surface area contributed by atoms with E-state index in [0.29, 0.717) is 0 Å². The molecule has 0 amide bonds. The quantitative estimate of drug-likeness (QED) is 0.335. The molecule has 0 aliphatic rings. The van der Waals surface area contributed by atoms with Crippen molar-refractivity contribution in [3.05, 3.63) is 18.2 Å². The molecule has 74 valence electrons. The molecule has 1 aromatic rings. The molecule has 0 radical (unpaired) electrons. The molecule has 0 atom stereocenters. The van der Waals surface area contributed by atoms with Crippen molar-refractivity contribution in [3.63, 3.8) is 0 Å². The van der Waals surface area contributed by atoms with Gasteiger partial charge in [-0.3, -0.25) is 4.55 Å². The summed E-state index contributed by atoms with van der Waals surface area (Å²) in [6.07, 6.45) is 0. The zero-order valence-electron chi connectivity index (χ0n) is 8.89. The minimum Gasteiger partial charge on any atom is -1.00 e. The predicted octanol–water partition coefficient (Wildman–Crippen LogP) is -2.36. The average molecular weight is 227 g/mol. The van der Waals surface area contributed by atoms with Crippen LogP contribution in [0.25, 0.3) is 0 Å². The van der Waals surface area contributed by atoms with Gasteiger partial charge in [0.2, 0.25) is 0 Å². The van der Waals surface area contributed by atoms with Crippen molar-refractivity contribution in [2.75, 3.05) is 12.8 Å². The molecule has 14 heavy (non-hydrogen) atoms. The van der Waals surface area contributed by atoms with Gasteiger partial charge in [0.15, 0.2) is 0 Å². The SMILES string of the molecule is COc1ccc(N)cc1S(=O)(=O)O.[H-].[Na+]. The number of methoxy groups -OCH3 is 1. The summed E-state index contributed by atoms with van der Waals surface area (Å²) in [7, 11) is -2.97.